The van der Waals surface area contributed by atoms with E-state index >= 15 is 0 Å². The number of barbiturate groups is 1. The van der Waals surface area contributed by atoms with Crippen molar-refractivity contribution in [2.24, 2.45) is 5.41 Å². The number of nitrogens with zero attached hydrogens (tertiary/aromatic N) is 3. The van der Waals surface area contributed by atoms with Crippen LogP contribution < -0.4 is 10.2 Å². The summed E-state index contributed by atoms with van der Waals surface area (Å²) in [5, 5.41) is 13.8. The minimum atomic E-state index is -1.65. The number of rotatable bonds is 4. The first-order valence-electron chi connectivity index (χ1n) is 10.5. The second kappa shape index (κ2) is 7.74. The molecule has 2 aromatic rings. The van der Waals surface area contributed by atoms with Gasteiger partial charge in [-0.05, 0) is 38.0 Å². The van der Waals surface area contributed by atoms with Crippen molar-refractivity contribution >= 4 is 29.2 Å². The third-order valence-electron chi connectivity index (χ3n) is 6.25. The van der Waals surface area contributed by atoms with Gasteiger partial charge in [0.1, 0.15) is 0 Å². The predicted molar refractivity (Wildman–Crippen MR) is 117 cm³/mol. The molecule has 1 saturated heterocycles. The van der Waals surface area contributed by atoms with Crippen LogP contribution >= 0.6 is 0 Å². The molecule has 1 spiro atoms. The zero-order valence-corrected chi connectivity index (χ0v) is 18.1. The minimum absolute atomic E-state index is 0.0543. The molecule has 2 heterocycles. The number of anilines is 1. The summed E-state index contributed by atoms with van der Waals surface area (Å²) < 4.78 is 0. The Morgan fingerprint density at radius 2 is 1.84 bits per heavy atom. The van der Waals surface area contributed by atoms with Crippen molar-refractivity contribution in [1.82, 2.24) is 10.2 Å². The quantitative estimate of drug-likeness (QED) is 0.447. The maximum atomic E-state index is 13.9. The fourth-order valence-electron chi connectivity index (χ4n) is 4.90. The Bertz CT molecular complexity index is 1120. The van der Waals surface area contributed by atoms with Crippen molar-refractivity contribution in [1.29, 1.82) is 0 Å². The molecule has 1 fully saturated rings. The van der Waals surface area contributed by atoms with Crippen molar-refractivity contribution < 1.29 is 19.3 Å². The Morgan fingerprint density at radius 1 is 1.16 bits per heavy atom. The normalized spacial score (nSPS) is 22.9. The Balaban J connectivity index is 2.01. The van der Waals surface area contributed by atoms with Gasteiger partial charge in [0.2, 0.25) is 11.8 Å². The van der Waals surface area contributed by atoms with Gasteiger partial charge in [-0.3, -0.25) is 29.9 Å². The van der Waals surface area contributed by atoms with Crippen LogP contribution in [0.4, 0.5) is 16.2 Å². The number of benzene rings is 2. The Labute approximate surface area is 185 Å². The number of nitro groups is 1. The number of nitro benzene ring substituents is 1. The Kier molecular flexibility index (Phi) is 5.20. The molecule has 1 N–H and O–H groups in total. The van der Waals surface area contributed by atoms with E-state index in [0.717, 1.165) is 16.2 Å². The highest BCUT2D eigenvalue weighted by atomic mass is 16.6. The van der Waals surface area contributed by atoms with E-state index in [2.05, 4.69) is 5.32 Å². The standard InChI is InChI=1S/C23H24N4O5/c1-4-25-18-11-10-17(27(31)32)12-16(18)13-23(19(25)15-8-6-5-7-9-15)20(28)24-22(30)26(14(2)3)21(23)29/h5-12,14,19H,4,13H2,1-3H3,(H,24,28,30)/t19-,23+/m1/s1. The van der Waals surface area contributed by atoms with Gasteiger partial charge in [0.15, 0.2) is 5.41 Å². The second-order valence-electron chi connectivity index (χ2n) is 8.35. The molecule has 4 rings (SSSR count). The lowest BCUT2D eigenvalue weighted by Gasteiger charge is -2.52. The third-order valence-corrected chi connectivity index (χ3v) is 6.25. The number of non-ortho nitro benzene ring substituents is 1. The third kappa shape index (κ3) is 3.04. The van der Waals surface area contributed by atoms with Crippen molar-refractivity contribution in [3.8, 4) is 0 Å². The summed E-state index contributed by atoms with van der Waals surface area (Å²) in [6.07, 6.45) is -0.0543. The molecule has 0 aromatic heterocycles. The van der Waals surface area contributed by atoms with Crippen LogP contribution in [0.15, 0.2) is 48.5 Å². The van der Waals surface area contributed by atoms with Gasteiger partial charge in [-0.1, -0.05) is 30.3 Å². The average Bonchev–Trinajstić information content (AvgIpc) is 2.76. The van der Waals surface area contributed by atoms with Crippen molar-refractivity contribution in [3.05, 3.63) is 69.8 Å². The van der Waals surface area contributed by atoms with E-state index in [-0.39, 0.29) is 12.1 Å². The number of hydrogen-bond acceptors (Lipinski definition) is 6. The van der Waals surface area contributed by atoms with E-state index in [1.165, 1.54) is 12.1 Å². The number of amides is 4. The van der Waals surface area contributed by atoms with E-state index < -0.39 is 40.3 Å². The van der Waals surface area contributed by atoms with Gasteiger partial charge in [-0.15, -0.1) is 0 Å². The van der Waals surface area contributed by atoms with Crippen LogP contribution in [-0.4, -0.2) is 40.3 Å². The number of imide groups is 2. The zero-order valence-electron chi connectivity index (χ0n) is 18.1. The molecular formula is C23H24N4O5. The van der Waals surface area contributed by atoms with E-state index in [0.29, 0.717) is 12.1 Å². The predicted octanol–water partition coefficient (Wildman–Crippen LogP) is 3.19. The molecule has 0 saturated carbocycles. The monoisotopic (exact) mass is 436 g/mol. The molecule has 0 aliphatic carbocycles. The molecule has 0 unspecified atom stereocenters. The molecule has 9 heteroatoms. The lowest BCUT2D eigenvalue weighted by molar-refractivity contribution is -0.384. The van der Waals surface area contributed by atoms with Crippen LogP contribution in [0.5, 0.6) is 0 Å². The summed E-state index contributed by atoms with van der Waals surface area (Å²) in [5.74, 6) is -1.28. The topological polar surface area (TPSA) is 113 Å². The Hall–Kier alpha value is -3.75. The first-order chi connectivity index (χ1) is 15.2. The van der Waals surface area contributed by atoms with Crippen LogP contribution in [0.1, 0.15) is 37.9 Å². The molecule has 32 heavy (non-hydrogen) atoms. The first kappa shape index (κ1) is 21.5. The van der Waals surface area contributed by atoms with E-state index in [9.17, 15) is 24.5 Å². The van der Waals surface area contributed by atoms with Crippen LogP contribution in [0.2, 0.25) is 0 Å². The van der Waals surface area contributed by atoms with Crippen molar-refractivity contribution in [2.45, 2.75) is 39.3 Å². The summed E-state index contributed by atoms with van der Waals surface area (Å²) in [7, 11) is 0. The molecule has 0 bridgehead atoms. The summed E-state index contributed by atoms with van der Waals surface area (Å²) in [4.78, 5) is 53.8. The molecule has 2 aliphatic heterocycles. The molecule has 2 atom stereocenters. The van der Waals surface area contributed by atoms with Crippen LogP contribution in [0.3, 0.4) is 0 Å². The number of carbonyl (C=O) groups is 3. The number of carbonyl (C=O) groups excluding carboxylic acids is 3. The van der Waals surface area contributed by atoms with Gasteiger partial charge >= 0.3 is 6.03 Å². The second-order valence-corrected chi connectivity index (χ2v) is 8.35. The fourth-order valence-corrected chi connectivity index (χ4v) is 4.90. The SMILES string of the molecule is CCN1c2ccc([N+](=O)[O-])cc2C[C@@]2(C(=O)NC(=O)N(C(C)C)C2=O)[C@H]1c1ccccc1. The molecule has 2 aromatic carbocycles. The van der Waals surface area contributed by atoms with Gasteiger partial charge in [0.05, 0.1) is 11.0 Å². The highest BCUT2D eigenvalue weighted by Crippen LogP contribution is 2.52. The van der Waals surface area contributed by atoms with Gasteiger partial charge < -0.3 is 4.90 Å². The number of nitrogens with one attached hydrogen (secondary N) is 1. The van der Waals surface area contributed by atoms with Crippen LogP contribution in [0.25, 0.3) is 0 Å². The summed E-state index contributed by atoms with van der Waals surface area (Å²) in [5.41, 5.74) is 0.229. The molecule has 2 aliphatic rings. The van der Waals surface area contributed by atoms with E-state index in [1.54, 1.807) is 19.9 Å². The Morgan fingerprint density at radius 3 is 2.44 bits per heavy atom. The molecular weight excluding hydrogens is 412 g/mol. The maximum absolute atomic E-state index is 13.9. The molecule has 166 valence electrons. The number of fused-ring (bicyclic) bond motifs is 1. The average molecular weight is 436 g/mol. The van der Waals surface area contributed by atoms with Gasteiger partial charge in [0, 0.05) is 36.8 Å². The largest absolute Gasteiger partial charge is 0.363 e. The lowest BCUT2D eigenvalue weighted by atomic mass is 9.66. The molecule has 0 radical (unpaired) electrons. The fraction of sp³-hybridized carbons (Fsp3) is 0.348. The van der Waals surface area contributed by atoms with Gasteiger partial charge in [0.25, 0.3) is 5.69 Å². The van der Waals surface area contributed by atoms with Crippen molar-refractivity contribution in [2.75, 3.05) is 11.4 Å². The van der Waals surface area contributed by atoms with E-state index in [1.807, 2.05) is 42.2 Å². The number of urea groups is 1. The van der Waals surface area contributed by atoms with Crippen molar-refractivity contribution in [3.63, 3.8) is 0 Å². The zero-order chi connectivity index (χ0) is 23.2. The minimum Gasteiger partial charge on any atom is -0.363 e. The van der Waals surface area contributed by atoms with E-state index in [4.69, 9.17) is 0 Å². The van der Waals surface area contributed by atoms with Crippen LogP contribution in [-0.2, 0) is 16.0 Å². The summed E-state index contributed by atoms with van der Waals surface area (Å²) >= 11 is 0. The summed E-state index contributed by atoms with van der Waals surface area (Å²) in [6.45, 7) is 5.76. The van der Waals surface area contributed by atoms with Gasteiger partial charge in [-0.25, -0.2) is 4.79 Å². The first-order valence-corrected chi connectivity index (χ1v) is 10.5. The molecule has 4 amide bonds. The maximum Gasteiger partial charge on any atom is 0.331 e. The number of hydrogen-bond donors (Lipinski definition) is 1. The molecule has 9 nitrogen and oxygen atoms in total. The van der Waals surface area contributed by atoms with Crippen LogP contribution in [0, 0.1) is 15.5 Å². The summed E-state index contributed by atoms with van der Waals surface area (Å²) in [6, 6.07) is 11.8. The highest BCUT2D eigenvalue weighted by Gasteiger charge is 2.62. The highest BCUT2D eigenvalue weighted by molar-refractivity contribution is 6.20. The lowest BCUT2D eigenvalue weighted by Crippen LogP contribution is -2.70. The van der Waals surface area contributed by atoms with Gasteiger partial charge in [-0.2, -0.15) is 0 Å². The smallest absolute Gasteiger partial charge is 0.331 e.